The van der Waals surface area contributed by atoms with Crippen molar-refractivity contribution in [2.75, 3.05) is 7.11 Å². The monoisotopic (exact) mass is 226 g/mol. The second-order valence-corrected chi connectivity index (χ2v) is 5.45. The van der Waals surface area contributed by atoms with E-state index in [1.807, 2.05) is 7.11 Å². The van der Waals surface area contributed by atoms with E-state index in [2.05, 4.69) is 36.4 Å². The first-order chi connectivity index (χ1) is 8.35. The first-order valence-corrected chi connectivity index (χ1v) is 6.64. The van der Waals surface area contributed by atoms with Gasteiger partial charge in [0.05, 0.1) is 0 Å². The standard InChI is InChI=1S/C15H19BO/c1-17-16-10-12-7-13(11-16)9-15(8-12)14-5-3-2-4-6-14/h2-6,8,12-13H,7,9-11H2,1H3/t12-,13+/m1/s1. The van der Waals surface area contributed by atoms with Gasteiger partial charge in [0.2, 0.25) is 0 Å². The fourth-order valence-corrected chi connectivity index (χ4v) is 3.45. The lowest BCUT2D eigenvalue weighted by Gasteiger charge is -2.36. The number of benzene rings is 1. The summed E-state index contributed by atoms with van der Waals surface area (Å²) in [5.41, 5.74) is 2.97. The third-order valence-corrected chi connectivity index (χ3v) is 4.22. The van der Waals surface area contributed by atoms with Crippen molar-refractivity contribution in [3.63, 3.8) is 0 Å². The van der Waals surface area contributed by atoms with E-state index in [0.717, 1.165) is 11.8 Å². The van der Waals surface area contributed by atoms with Crippen LogP contribution in [0.15, 0.2) is 36.4 Å². The summed E-state index contributed by atoms with van der Waals surface area (Å²) in [6, 6.07) is 10.8. The van der Waals surface area contributed by atoms with Crippen LogP contribution in [0.25, 0.3) is 5.57 Å². The molecule has 2 atom stereocenters. The molecule has 2 aliphatic rings. The van der Waals surface area contributed by atoms with Gasteiger partial charge in [0.25, 0.3) is 6.92 Å². The largest absolute Gasteiger partial charge is 0.438 e. The van der Waals surface area contributed by atoms with Crippen LogP contribution in [0.1, 0.15) is 18.4 Å². The van der Waals surface area contributed by atoms with Crippen LogP contribution in [0.4, 0.5) is 0 Å². The van der Waals surface area contributed by atoms with Gasteiger partial charge in [-0.3, -0.25) is 0 Å². The van der Waals surface area contributed by atoms with E-state index >= 15 is 0 Å². The van der Waals surface area contributed by atoms with Gasteiger partial charge in [0.15, 0.2) is 0 Å². The molecule has 88 valence electrons. The lowest BCUT2D eigenvalue weighted by atomic mass is 9.47. The molecule has 0 N–H and O–H groups in total. The Bertz CT molecular complexity index is 412. The van der Waals surface area contributed by atoms with Gasteiger partial charge in [-0.2, -0.15) is 0 Å². The second-order valence-electron chi connectivity index (χ2n) is 5.45. The Morgan fingerprint density at radius 2 is 2.00 bits per heavy atom. The van der Waals surface area contributed by atoms with E-state index < -0.39 is 0 Å². The molecule has 1 aliphatic carbocycles. The Balaban J connectivity index is 1.83. The fourth-order valence-electron chi connectivity index (χ4n) is 3.45. The van der Waals surface area contributed by atoms with Gasteiger partial charge in [0, 0.05) is 7.11 Å². The van der Waals surface area contributed by atoms with Crippen molar-refractivity contribution in [3.8, 4) is 0 Å². The predicted molar refractivity (Wildman–Crippen MR) is 73.0 cm³/mol. The summed E-state index contributed by atoms with van der Waals surface area (Å²) < 4.78 is 5.54. The maximum absolute atomic E-state index is 5.54. The quantitative estimate of drug-likeness (QED) is 0.698. The Morgan fingerprint density at radius 3 is 2.71 bits per heavy atom. The molecule has 1 saturated heterocycles. The van der Waals surface area contributed by atoms with Gasteiger partial charge < -0.3 is 4.65 Å². The molecular formula is C15H19BO. The van der Waals surface area contributed by atoms with E-state index in [1.54, 1.807) is 5.57 Å². The highest BCUT2D eigenvalue weighted by Gasteiger charge is 2.34. The fraction of sp³-hybridized carbons (Fsp3) is 0.467. The maximum Gasteiger partial charge on any atom is 0.293 e. The molecular weight excluding hydrogens is 207 g/mol. The van der Waals surface area contributed by atoms with Crippen LogP contribution in [0.2, 0.25) is 12.6 Å². The molecule has 2 heteroatoms. The average molecular weight is 226 g/mol. The van der Waals surface area contributed by atoms with Gasteiger partial charge in [0.1, 0.15) is 0 Å². The molecule has 1 nitrogen and oxygen atoms in total. The number of hydrogen-bond donors (Lipinski definition) is 0. The van der Waals surface area contributed by atoms with E-state index in [0.29, 0.717) is 6.92 Å². The van der Waals surface area contributed by atoms with Crippen molar-refractivity contribution in [1.82, 2.24) is 0 Å². The van der Waals surface area contributed by atoms with Crippen molar-refractivity contribution in [3.05, 3.63) is 42.0 Å². The van der Waals surface area contributed by atoms with Crippen molar-refractivity contribution < 1.29 is 4.65 Å². The SMILES string of the molecule is COB1C[C@H]2C=C(c3ccccc3)C[C@@H](C1)C2. The van der Waals surface area contributed by atoms with Gasteiger partial charge >= 0.3 is 0 Å². The Labute approximate surface area is 104 Å². The zero-order valence-electron chi connectivity index (χ0n) is 10.4. The third-order valence-electron chi connectivity index (χ3n) is 4.22. The summed E-state index contributed by atoms with van der Waals surface area (Å²) in [4.78, 5) is 0. The van der Waals surface area contributed by atoms with Crippen LogP contribution >= 0.6 is 0 Å². The molecule has 1 aromatic carbocycles. The maximum atomic E-state index is 5.54. The van der Waals surface area contributed by atoms with Crippen LogP contribution in [-0.2, 0) is 4.65 Å². The van der Waals surface area contributed by atoms with Crippen LogP contribution in [0, 0.1) is 11.8 Å². The number of fused-ring (bicyclic) bond motifs is 2. The zero-order valence-corrected chi connectivity index (χ0v) is 10.4. The molecule has 0 aromatic heterocycles. The molecule has 3 rings (SSSR count). The summed E-state index contributed by atoms with van der Waals surface area (Å²) in [5, 5.41) is 0. The Hall–Kier alpha value is -1.02. The van der Waals surface area contributed by atoms with Crippen LogP contribution in [0.5, 0.6) is 0 Å². The summed E-state index contributed by atoms with van der Waals surface area (Å²) in [5.74, 6) is 1.57. The zero-order chi connectivity index (χ0) is 11.7. The molecule has 1 heterocycles. The molecule has 17 heavy (non-hydrogen) atoms. The van der Waals surface area contributed by atoms with Gasteiger partial charge in [-0.15, -0.1) is 0 Å². The van der Waals surface area contributed by atoms with Crippen LogP contribution < -0.4 is 0 Å². The highest BCUT2D eigenvalue weighted by Crippen LogP contribution is 2.42. The molecule has 0 spiro atoms. The van der Waals surface area contributed by atoms with Crippen LogP contribution in [-0.4, -0.2) is 14.0 Å². The Kier molecular flexibility index (Phi) is 3.06. The summed E-state index contributed by atoms with van der Waals surface area (Å²) in [7, 11) is 1.85. The number of hydrogen-bond acceptors (Lipinski definition) is 1. The first-order valence-electron chi connectivity index (χ1n) is 6.64. The lowest BCUT2D eigenvalue weighted by Crippen LogP contribution is -2.32. The molecule has 1 aliphatic heterocycles. The summed E-state index contributed by atoms with van der Waals surface area (Å²) >= 11 is 0. The highest BCUT2D eigenvalue weighted by molar-refractivity contribution is 6.52. The summed E-state index contributed by atoms with van der Waals surface area (Å²) in [6.45, 7) is 0.493. The smallest absolute Gasteiger partial charge is 0.293 e. The number of allylic oxidation sites excluding steroid dienone is 2. The van der Waals surface area contributed by atoms with Gasteiger partial charge in [-0.1, -0.05) is 36.4 Å². The molecule has 1 fully saturated rings. The molecule has 0 amide bonds. The Morgan fingerprint density at radius 1 is 1.18 bits per heavy atom. The topological polar surface area (TPSA) is 9.23 Å². The van der Waals surface area contributed by atoms with E-state index in [1.165, 1.54) is 31.0 Å². The van der Waals surface area contributed by atoms with E-state index in [4.69, 9.17) is 4.65 Å². The van der Waals surface area contributed by atoms with Crippen molar-refractivity contribution in [2.45, 2.75) is 25.5 Å². The van der Waals surface area contributed by atoms with Crippen molar-refractivity contribution >= 4 is 12.5 Å². The minimum atomic E-state index is 0.493. The molecule has 0 saturated carbocycles. The van der Waals surface area contributed by atoms with E-state index in [9.17, 15) is 0 Å². The average Bonchev–Trinajstić information content (AvgIpc) is 2.38. The minimum Gasteiger partial charge on any atom is -0.438 e. The predicted octanol–water partition coefficient (Wildman–Crippen LogP) is 3.75. The normalized spacial score (nSPS) is 27.8. The second kappa shape index (κ2) is 4.69. The van der Waals surface area contributed by atoms with Crippen molar-refractivity contribution in [2.24, 2.45) is 11.8 Å². The van der Waals surface area contributed by atoms with Crippen molar-refractivity contribution in [1.29, 1.82) is 0 Å². The van der Waals surface area contributed by atoms with Gasteiger partial charge in [-0.05, 0) is 48.5 Å². The first kappa shape index (κ1) is 11.1. The van der Waals surface area contributed by atoms with Gasteiger partial charge in [-0.25, -0.2) is 0 Å². The molecule has 0 unspecified atom stereocenters. The van der Waals surface area contributed by atoms with Crippen LogP contribution in [0.3, 0.4) is 0 Å². The van der Waals surface area contributed by atoms with E-state index in [-0.39, 0.29) is 0 Å². The summed E-state index contributed by atoms with van der Waals surface area (Å²) in [6.07, 6.45) is 7.56. The molecule has 0 radical (unpaired) electrons. The third kappa shape index (κ3) is 2.32. The highest BCUT2D eigenvalue weighted by atomic mass is 16.4. The number of rotatable bonds is 2. The molecule has 1 aromatic rings. The molecule has 2 bridgehead atoms. The lowest BCUT2D eigenvalue weighted by molar-refractivity contribution is 0.349. The minimum absolute atomic E-state index is 0.493.